The molecule has 0 amide bonds. The lowest BCUT2D eigenvalue weighted by Crippen LogP contribution is -2.07. The van der Waals surface area contributed by atoms with Gasteiger partial charge in [-0.25, -0.2) is 0 Å². The van der Waals surface area contributed by atoms with E-state index in [9.17, 15) is 0 Å². The second kappa shape index (κ2) is 4.21. The molecule has 0 atom stereocenters. The molecule has 0 saturated heterocycles. The molecule has 1 aromatic rings. The van der Waals surface area contributed by atoms with Crippen molar-refractivity contribution in [2.45, 2.75) is 40.0 Å². The normalized spacial score (nSPS) is 11.0. The summed E-state index contributed by atoms with van der Waals surface area (Å²) in [5, 5.41) is 7.75. The average Bonchev–Trinajstić information content (AvgIpc) is 2.47. The van der Waals surface area contributed by atoms with Crippen LogP contribution in [-0.2, 0) is 17.9 Å². The fourth-order valence-electron chi connectivity index (χ4n) is 0.896. The Kier molecular flexibility index (Phi) is 3.22. The van der Waals surface area contributed by atoms with Gasteiger partial charge in [-0.3, -0.25) is 0 Å². The van der Waals surface area contributed by atoms with Crippen LogP contribution >= 0.6 is 0 Å². The first kappa shape index (κ1) is 9.19. The number of hydrogen-bond donors (Lipinski definition) is 0. The Hall–Kier alpha value is -0.900. The van der Waals surface area contributed by atoms with Crippen molar-refractivity contribution in [2.75, 3.05) is 0 Å². The van der Waals surface area contributed by atoms with Crippen LogP contribution in [0.4, 0.5) is 0 Å². The second-order valence-corrected chi connectivity index (χ2v) is 2.89. The van der Waals surface area contributed by atoms with Crippen molar-refractivity contribution in [3.8, 4) is 0 Å². The van der Waals surface area contributed by atoms with Gasteiger partial charge in [-0.15, -0.1) is 10.2 Å². The fraction of sp³-hybridized carbons (Fsp3) is 0.750. The van der Waals surface area contributed by atoms with Gasteiger partial charge in [0.15, 0.2) is 5.82 Å². The van der Waals surface area contributed by atoms with Crippen molar-refractivity contribution in [2.24, 2.45) is 0 Å². The molecule has 0 unspecified atom stereocenters. The van der Waals surface area contributed by atoms with E-state index in [4.69, 9.17) is 4.74 Å². The largest absolute Gasteiger partial charge is 0.371 e. The van der Waals surface area contributed by atoms with Crippen LogP contribution < -0.4 is 0 Å². The Labute approximate surface area is 72.6 Å². The highest BCUT2D eigenvalue weighted by atomic mass is 16.5. The van der Waals surface area contributed by atoms with Crippen molar-refractivity contribution >= 4 is 0 Å². The van der Waals surface area contributed by atoms with Crippen LogP contribution in [0.2, 0.25) is 0 Å². The Morgan fingerprint density at radius 1 is 1.58 bits per heavy atom. The maximum atomic E-state index is 5.41. The molecule has 4 nitrogen and oxygen atoms in total. The van der Waals surface area contributed by atoms with E-state index < -0.39 is 0 Å². The van der Waals surface area contributed by atoms with Crippen molar-refractivity contribution < 1.29 is 4.74 Å². The summed E-state index contributed by atoms with van der Waals surface area (Å²) < 4.78 is 7.38. The van der Waals surface area contributed by atoms with Crippen LogP contribution in [0.5, 0.6) is 0 Å². The Balaban J connectivity index is 2.50. The minimum Gasteiger partial charge on any atom is -0.371 e. The first-order chi connectivity index (χ1) is 5.74. The number of nitrogens with zero attached hydrogens (tertiary/aromatic N) is 3. The molecule has 0 N–H and O–H groups in total. The Morgan fingerprint density at radius 3 is 2.92 bits per heavy atom. The summed E-state index contributed by atoms with van der Waals surface area (Å²) in [6.45, 7) is 7.51. The van der Waals surface area contributed by atoms with E-state index in [1.54, 1.807) is 6.33 Å². The van der Waals surface area contributed by atoms with Crippen molar-refractivity contribution in [3.63, 3.8) is 0 Å². The van der Waals surface area contributed by atoms with Gasteiger partial charge in [0.25, 0.3) is 0 Å². The molecular weight excluding hydrogens is 154 g/mol. The predicted octanol–water partition coefficient (Wildman–Crippen LogP) is 1.22. The highest BCUT2D eigenvalue weighted by molar-refractivity contribution is 4.82. The van der Waals surface area contributed by atoms with Gasteiger partial charge in [-0.1, -0.05) is 0 Å². The van der Waals surface area contributed by atoms with Gasteiger partial charge < -0.3 is 9.30 Å². The molecule has 12 heavy (non-hydrogen) atoms. The van der Waals surface area contributed by atoms with Gasteiger partial charge in [-0.2, -0.15) is 0 Å². The maximum absolute atomic E-state index is 5.41. The molecule has 0 aliphatic heterocycles. The van der Waals surface area contributed by atoms with Gasteiger partial charge >= 0.3 is 0 Å². The molecule has 0 radical (unpaired) electrons. The van der Waals surface area contributed by atoms with Crippen LogP contribution in [0.15, 0.2) is 6.33 Å². The lowest BCUT2D eigenvalue weighted by atomic mass is 10.5. The van der Waals surface area contributed by atoms with Gasteiger partial charge in [0.1, 0.15) is 12.9 Å². The second-order valence-electron chi connectivity index (χ2n) is 2.89. The third-order valence-electron chi connectivity index (χ3n) is 1.58. The summed E-state index contributed by atoms with van der Waals surface area (Å²) in [6, 6.07) is 0. The number of hydrogen-bond acceptors (Lipinski definition) is 3. The van der Waals surface area contributed by atoms with Gasteiger partial charge in [0.2, 0.25) is 0 Å². The molecule has 1 aromatic heterocycles. The van der Waals surface area contributed by atoms with Crippen LogP contribution in [-0.4, -0.2) is 20.9 Å². The zero-order chi connectivity index (χ0) is 8.97. The van der Waals surface area contributed by atoms with E-state index in [0.29, 0.717) is 6.61 Å². The molecule has 0 aliphatic carbocycles. The molecule has 0 aromatic carbocycles. The predicted molar refractivity (Wildman–Crippen MR) is 45.6 cm³/mol. The van der Waals surface area contributed by atoms with E-state index in [-0.39, 0.29) is 6.10 Å². The molecule has 0 saturated carbocycles. The van der Waals surface area contributed by atoms with Crippen LogP contribution in [0.3, 0.4) is 0 Å². The number of rotatable bonds is 4. The topological polar surface area (TPSA) is 39.9 Å². The SMILES string of the molecule is CCn1cnnc1COC(C)C. The molecule has 0 bridgehead atoms. The summed E-state index contributed by atoms with van der Waals surface area (Å²) >= 11 is 0. The lowest BCUT2D eigenvalue weighted by Gasteiger charge is -2.06. The third-order valence-corrected chi connectivity index (χ3v) is 1.58. The molecule has 1 rings (SSSR count). The van der Waals surface area contributed by atoms with E-state index in [0.717, 1.165) is 12.4 Å². The average molecular weight is 169 g/mol. The quantitative estimate of drug-likeness (QED) is 0.680. The van der Waals surface area contributed by atoms with Crippen LogP contribution in [0, 0.1) is 0 Å². The molecule has 1 heterocycles. The number of aryl methyl sites for hydroxylation is 1. The summed E-state index contributed by atoms with van der Waals surface area (Å²) in [5.41, 5.74) is 0. The van der Waals surface area contributed by atoms with Crippen LogP contribution in [0.25, 0.3) is 0 Å². The van der Waals surface area contributed by atoms with Gasteiger partial charge in [0.05, 0.1) is 6.10 Å². The summed E-state index contributed by atoms with van der Waals surface area (Å²) in [4.78, 5) is 0. The smallest absolute Gasteiger partial charge is 0.158 e. The molecular formula is C8H15N3O. The standard InChI is InChI=1S/C8H15N3O/c1-4-11-6-9-10-8(11)5-12-7(2)3/h6-7H,4-5H2,1-3H3. The zero-order valence-electron chi connectivity index (χ0n) is 7.82. The van der Waals surface area contributed by atoms with E-state index in [2.05, 4.69) is 17.1 Å². The van der Waals surface area contributed by atoms with Crippen molar-refractivity contribution in [3.05, 3.63) is 12.2 Å². The maximum Gasteiger partial charge on any atom is 0.158 e. The highest BCUT2D eigenvalue weighted by Crippen LogP contribution is 1.99. The molecule has 0 aliphatic rings. The Morgan fingerprint density at radius 2 is 2.33 bits per heavy atom. The van der Waals surface area contributed by atoms with E-state index in [1.807, 2.05) is 18.4 Å². The fourth-order valence-corrected chi connectivity index (χ4v) is 0.896. The minimum absolute atomic E-state index is 0.243. The van der Waals surface area contributed by atoms with Gasteiger partial charge in [-0.05, 0) is 20.8 Å². The van der Waals surface area contributed by atoms with Crippen molar-refractivity contribution in [1.82, 2.24) is 14.8 Å². The number of aromatic nitrogens is 3. The molecule has 0 fully saturated rings. The van der Waals surface area contributed by atoms with E-state index >= 15 is 0 Å². The third kappa shape index (κ3) is 2.30. The summed E-state index contributed by atoms with van der Waals surface area (Å²) in [7, 11) is 0. The summed E-state index contributed by atoms with van der Waals surface area (Å²) in [5.74, 6) is 0.895. The Bertz CT molecular complexity index is 232. The minimum atomic E-state index is 0.243. The lowest BCUT2D eigenvalue weighted by molar-refractivity contribution is 0.0593. The zero-order valence-corrected chi connectivity index (χ0v) is 7.82. The first-order valence-electron chi connectivity index (χ1n) is 4.22. The first-order valence-corrected chi connectivity index (χ1v) is 4.22. The monoisotopic (exact) mass is 169 g/mol. The van der Waals surface area contributed by atoms with E-state index in [1.165, 1.54) is 0 Å². The van der Waals surface area contributed by atoms with Crippen LogP contribution in [0.1, 0.15) is 26.6 Å². The molecule has 4 heteroatoms. The van der Waals surface area contributed by atoms with Gasteiger partial charge in [0, 0.05) is 6.54 Å². The molecule has 68 valence electrons. The highest BCUT2D eigenvalue weighted by Gasteiger charge is 2.02. The summed E-state index contributed by atoms with van der Waals surface area (Å²) in [6.07, 6.45) is 1.96. The van der Waals surface area contributed by atoms with Crippen molar-refractivity contribution in [1.29, 1.82) is 0 Å². The molecule has 0 spiro atoms. The number of ether oxygens (including phenoxy) is 1.